The van der Waals surface area contributed by atoms with E-state index in [2.05, 4.69) is 33.4 Å². The highest BCUT2D eigenvalue weighted by atomic mass is 79.9. The quantitative estimate of drug-likeness (QED) is 0.447. The van der Waals surface area contributed by atoms with Gasteiger partial charge in [0.05, 0.1) is 24.0 Å². The SMILES string of the molecule is CC(C)Oc1ccccc1NC(=O)c1cc(Br)ccc1OCCc1ccccc1. The van der Waals surface area contributed by atoms with Crippen LogP contribution in [-0.4, -0.2) is 18.6 Å². The van der Waals surface area contributed by atoms with Crippen molar-refractivity contribution in [3.63, 3.8) is 0 Å². The Morgan fingerprint density at radius 3 is 2.45 bits per heavy atom. The highest BCUT2D eigenvalue weighted by Crippen LogP contribution is 2.28. The monoisotopic (exact) mass is 453 g/mol. The summed E-state index contributed by atoms with van der Waals surface area (Å²) in [5, 5.41) is 2.94. The van der Waals surface area contributed by atoms with Crippen molar-refractivity contribution in [3.8, 4) is 11.5 Å². The third kappa shape index (κ3) is 6.09. The number of anilines is 1. The summed E-state index contributed by atoms with van der Waals surface area (Å²) < 4.78 is 12.5. The molecule has 0 saturated carbocycles. The van der Waals surface area contributed by atoms with Gasteiger partial charge in [-0.25, -0.2) is 0 Å². The van der Waals surface area contributed by atoms with E-state index < -0.39 is 0 Å². The molecular formula is C24H24BrNO3. The number of carbonyl (C=O) groups is 1. The summed E-state index contributed by atoms with van der Waals surface area (Å²) in [5.41, 5.74) is 2.28. The van der Waals surface area contributed by atoms with Crippen LogP contribution in [0.1, 0.15) is 29.8 Å². The number of para-hydroxylation sites is 2. The van der Waals surface area contributed by atoms with Gasteiger partial charge in [-0.15, -0.1) is 0 Å². The summed E-state index contributed by atoms with van der Waals surface area (Å²) >= 11 is 3.44. The maximum Gasteiger partial charge on any atom is 0.259 e. The van der Waals surface area contributed by atoms with Crippen LogP contribution >= 0.6 is 15.9 Å². The van der Waals surface area contributed by atoms with Crippen LogP contribution in [0.15, 0.2) is 77.3 Å². The van der Waals surface area contributed by atoms with Gasteiger partial charge in [0.2, 0.25) is 0 Å². The summed E-state index contributed by atoms with van der Waals surface area (Å²) in [7, 11) is 0. The van der Waals surface area contributed by atoms with Crippen LogP contribution in [0.3, 0.4) is 0 Å². The zero-order valence-electron chi connectivity index (χ0n) is 16.5. The third-order valence-corrected chi connectivity index (χ3v) is 4.67. The fraction of sp³-hybridized carbons (Fsp3) is 0.208. The van der Waals surface area contributed by atoms with E-state index in [4.69, 9.17) is 9.47 Å². The van der Waals surface area contributed by atoms with Crippen molar-refractivity contribution in [2.75, 3.05) is 11.9 Å². The van der Waals surface area contributed by atoms with Gasteiger partial charge in [0.25, 0.3) is 5.91 Å². The van der Waals surface area contributed by atoms with Crippen LogP contribution in [0.25, 0.3) is 0 Å². The second-order valence-electron chi connectivity index (χ2n) is 6.84. The minimum atomic E-state index is -0.249. The number of carbonyl (C=O) groups excluding carboxylic acids is 1. The number of benzene rings is 3. The zero-order valence-corrected chi connectivity index (χ0v) is 18.1. The van der Waals surface area contributed by atoms with Crippen LogP contribution < -0.4 is 14.8 Å². The molecule has 1 N–H and O–H groups in total. The van der Waals surface area contributed by atoms with Crippen LogP contribution in [0.4, 0.5) is 5.69 Å². The third-order valence-electron chi connectivity index (χ3n) is 4.18. The Bertz CT molecular complexity index is 957. The van der Waals surface area contributed by atoms with Crippen LogP contribution in [0, 0.1) is 0 Å². The van der Waals surface area contributed by atoms with Crippen LogP contribution in [0.2, 0.25) is 0 Å². The van der Waals surface area contributed by atoms with Crippen molar-refractivity contribution in [2.45, 2.75) is 26.4 Å². The molecule has 0 atom stereocenters. The predicted octanol–water partition coefficient (Wildman–Crippen LogP) is 6.11. The summed E-state index contributed by atoms with van der Waals surface area (Å²) in [6, 6.07) is 23.0. The van der Waals surface area contributed by atoms with Gasteiger partial charge in [-0.1, -0.05) is 58.4 Å². The maximum absolute atomic E-state index is 13.0. The molecule has 0 aliphatic rings. The molecule has 0 heterocycles. The standard InChI is InChI=1S/C24H24BrNO3/c1-17(2)29-23-11-7-6-10-21(23)26-24(27)20-16-19(25)12-13-22(20)28-15-14-18-8-4-3-5-9-18/h3-13,16-17H,14-15H2,1-2H3,(H,26,27). The molecule has 29 heavy (non-hydrogen) atoms. The lowest BCUT2D eigenvalue weighted by molar-refractivity contribution is 0.102. The average molecular weight is 454 g/mol. The van der Waals surface area contributed by atoms with E-state index in [9.17, 15) is 4.79 Å². The number of hydrogen-bond donors (Lipinski definition) is 1. The molecule has 0 spiro atoms. The summed E-state index contributed by atoms with van der Waals surface area (Å²) in [4.78, 5) is 13.0. The molecule has 1 amide bonds. The lowest BCUT2D eigenvalue weighted by Gasteiger charge is -2.16. The number of rotatable bonds is 8. The minimum Gasteiger partial charge on any atom is -0.492 e. The highest BCUT2D eigenvalue weighted by Gasteiger charge is 2.16. The lowest BCUT2D eigenvalue weighted by atomic mass is 10.1. The fourth-order valence-corrected chi connectivity index (χ4v) is 3.21. The average Bonchev–Trinajstić information content (AvgIpc) is 2.71. The molecule has 150 valence electrons. The number of nitrogens with one attached hydrogen (secondary N) is 1. The van der Waals surface area contributed by atoms with Crippen LogP contribution in [0.5, 0.6) is 11.5 Å². The van der Waals surface area contributed by atoms with E-state index in [0.717, 1.165) is 10.9 Å². The van der Waals surface area contributed by atoms with Gasteiger partial charge in [0, 0.05) is 10.9 Å². The largest absolute Gasteiger partial charge is 0.492 e. The van der Waals surface area contributed by atoms with Crippen molar-refractivity contribution in [2.24, 2.45) is 0 Å². The van der Waals surface area contributed by atoms with Crippen molar-refractivity contribution in [1.82, 2.24) is 0 Å². The highest BCUT2D eigenvalue weighted by molar-refractivity contribution is 9.10. The van der Waals surface area contributed by atoms with Gasteiger partial charge >= 0.3 is 0 Å². The van der Waals surface area contributed by atoms with Gasteiger partial charge in [0.1, 0.15) is 11.5 Å². The molecule has 0 aromatic heterocycles. The first-order chi connectivity index (χ1) is 14.0. The Balaban J connectivity index is 1.74. The number of amides is 1. The minimum absolute atomic E-state index is 0.0100. The van der Waals surface area contributed by atoms with Gasteiger partial charge in [-0.2, -0.15) is 0 Å². The first kappa shape index (κ1) is 20.9. The fourth-order valence-electron chi connectivity index (χ4n) is 2.85. The van der Waals surface area contributed by atoms with Crippen LogP contribution in [-0.2, 0) is 6.42 Å². The summed E-state index contributed by atoms with van der Waals surface area (Å²) in [6.45, 7) is 4.39. The second-order valence-corrected chi connectivity index (χ2v) is 7.76. The molecule has 3 rings (SSSR count). The molecule has 0 unspecified atom stereocenters. The zero-order chi connectivity index (χ0) is 20.6. The molecule has 3 aromatic rings. The Morgan fingerprint density at radius 2 is 1.69 bits per heavy atom. The second kappa shape index (κ2) is 10.1. The molecule has 0 fully saturated rings. The van der Waals surface area contributed by atoms with Crippen molar-refractivity contribution < 1.29 is 14.3 Å². The van der Waals surface area contributed by atoms with E-state index in [1.165, 1.54) is 5.56 Å². The van der Waals surface area contributed by atoms with E-state index in [1.807, 2.05) is 62.4 Å². The molecule has 0 aliphatic heterocycles. The molecule has 4 nitrogen and oxygen atoms in total. The van der Waals surface area contributed by atoms with E-state index in [0.29, 0.717) is 29.4 Å². The molecule has 5 heteroatoms. The number of hydrogen-bond acceptors (Lipinski definition) is 3. The van der Waals surface area contributed by atoms with Gasteiger partial charge in [0.15, 0.2) is 0 Å². The van der Waals surface area contributed by atoms with Crippen molar-refractivity contribution in [1.29, 1.82) is 0 Å². The number of ether oxygens (including phenoxy) is 2. The maximum atomic E-state index is 13.0. The molecule has 3 aromatic carbocycles. The summed E-state index contributed by atoms with van der Waals surface area (Å²) in [6.07, 6.45) is 0.777. The van der Waals surface area contributed by atoms with E-state index in [-0.39, 0.29) is 12.0 Å². The van der Waals surface area contributed by atoms with Gasteiger partial charge in [-0.05, 0) is 49.7 Å². The molecule has 0 aliphatic carbocycles. The van der Waals surface area contributed by atoms with E-state index >= 15 is 0 Å². The molecular weight excluding hydrogens is 430 g/mol. The van der Waals surface area contributed by atoms with Gasteiger partial charge in [-0.3, -0.25) is 4.79 Å². The first-order valence-corrected chi connectivity index (χ1v) is 10.4. The normalized spacial score (nSPS) is 10.6. The Labute approximate surface area is 180 Å². The Kier molecular flexibility index (Phi) is 7.30. The molecule has 0 bridgehead atoms. The van der Waals surface area contributed by atoms with Gasteiger partial charge < -0.3 is 14.8 Å². The molecule has 0 radical (unpaired) electrons. The topological polar surface area (TPSA) is 47.6 Å². The molecule has 0 saturated heterocycles. The lowest BCUT2D eigenvalue weighted by Crippen LogP contribution is -2.16. The predicted molar refractivity (Wildman–Crippen MR) is 120 cm³/mol. The summed E-state index contributed by atoms with van der Waals surface area (Å²) in [5.74, 6) is 0.933. The van der Waals surface area contributed by atoms with E-state index in [1.54, 1.807) is 12.1 Å². The first-order valence-electron chi connectivity index (χ1n) is 9.56. The Hall–Kier alpha value is -2.79. The smallest absolute Gasteiger partial charge is 0.259 e. The Morgan fingerprint density at radius 1 is 0.966 bits per heavy atom. The number of halogens is 1. The van der Waals surface area contributed by atoms with Crippen molar-refractivity contribution >= 4 is 27.5 Å². The van der Waals surface area contributed by atoms with Crippen molar-refractivity contribution in [3.05, 3.63) is 88.4 Å².